The van der Waals surface area contributed by atoms with Crippen LogP contribution in [0.1, 0.15) is 6.42 Å². The quantitative estimate of drug-likeness (QED) is 0.831. The van der Waals surface area contributed by atoms with Crippen molar-refractivity contribution in [1.82, 2.24) is 14.5 Å². The molecule has 0 spiro atoms. The number of rotatable bonds is 6. The number of fused-ring (bicyclic) bond motifs is 1. The molecular formula is C17H22N4O4. The van der Waals surface area contributed by atoms with Gasteiger partial charge in [-0.15, -0.1) is 0 Å². The summed E-state index contributed by atoms with van der Waals surface area (Å²) in [6.45, 7) is 3.39. The molecule has 1 saturated heterocycles. The van der Waals surface area contributed by atoms with E-state index in [1.165, 1.54) is 6.07 Å². The number of hydrogen-bond acceptors (Lipinski definition) is 6. The molecule has 8 heteroatoms. The van der Waals surface area contributed by atoms with Crippen LogP contribution in [-0.4, -0.2) is 53.9 Å². The first-order valence-corrected chi connectivity index (χ1v) is 8.25. The molecule has 3 rings (SSSR count). The fraction of sp³-hybridized carbons (Fsp3) is 0.471. The van der Waals surface area contributed by atoms with Gasteiger partial charge >= 0.3 is 6.09 Å². The zero-order chi connectivity index (χ0) is 17.8. The minimum absolute atomic E-state index is 0.0599. The number of methoxy groups -OCH3 is 1. The number of ether oxygens (including phenoxy) is 2. The summed E-state index contributed by atoms with van der Waals surface area (Å²) in [6.07, 6.45) is 1.86. The predicted octanol–water partition coefficient (Wildman–Crippen LogP) is 0.822. The first kappa shape index (κ1) is 17.2. The molecule has 25 heavy (non-hydrogen) atoms. The van der Waals surface area contributed by atoms with E-state index in [0.29, 0.717) is 24.8 Å². The number of carbonyl (C=O) groups is 1. The van der Waals surface area contributed by atoms with E-state index < -0.39 is 6.09 Å². The Hall–Kier alpha value is -2.61. The number of carbonyl (C=O) groups excluding carboxylic acids is 1. The molecule has 1 amide bonds. The van der Waals surface area contributed by atoms with Crippen LogP contribution in [0.25, 0.3) is 11.0 Å². The number of aromatic nitrogens is 2. The third-order valence-corrected chi connectivity index (χ3v) is 4.52. The minimum Gasteiger partial charge on any atom is -0.495 e. The van der Waals surface area contributed by atoms with E-state index >= 15 is 0 Å². The van der Waals surface area contributed by atoms with Gasteiger partial charge in [0, 0.05) is 37.7 Å². The van der Waals surface area contributed by atoms with Gasteiger partial charge in [-0.05, 0) is 19.0 Å². The van der Waals surface area contributed by atoms with Crippen LogP contribution in [0.15, 0.2) is 29.2 Å². The van der Waals surface area contributed by atoms with E-state index in [2.05, 4.69) is 9.88 Å². The van der Waals surface area contributed by atoms with Crippen molar-refractivity contribution in [3.05, 3.63) is 34.7 Å². The number of likely N-dealkylation sites (tertiary alicyclic amines) is 1. The normalized spacial score (nSPS) is 17.7. The standard InChI is InChI=1S/C17H22N4O4/c1-24-13-8-15-14(19-9-13)2-3-16(22)21(15)7-6-20-5-4-12(10-20)11-25-17(18)23/h2-3,8-9,12H,4-7,10-11H2,1H3,(H2,18,23)/t12-/m0/s1. The van der Waals surface area contributed by atoms with E-state index in [0.717, 1.165) is 37.1 Å². The largest absolute Gasteiger partial charge is 0.495 e. The highest BCUT2D eigenvalue weighted by Crippen LogP contribution is 2.18. The maximum absolute atomic E-state index is 12.3. The molecule has 1 fully saturated rings. The molecule has 0 bridgehead atoms. The molecule has 2 N–H and O–H groups in total. The molecule has 1 atom stereocenters. The SMILES string of the molecule is COc1cnc2ccc(=O)n(CCN3CC[C@H](COC(N)=O)C3)c2c1. The van der Waals surface area contributed by atoms with Gasteiger partial charge in [-0.2, -0.15) is 0 Å². The van der Waals surface area contributed by atoms with E-state index in [-0.39, 0.29) is 5.56 Å². The van der Waals surface area contributed by atoms with Crippen LogP contribution < -0.4 is 16.0 Å². The van der Waals surface area contributed by atoms with Crippen molar-refractivity contribution in [3.63, 3.8) is 0 Å². The van der Waals surface area contributed by atoms with Crippen LogP contribution in [0.4, 0.5) is 4.79 Å². The summed E-state index contributed by atoms with van der Waals surface area (Å²) in [6, 6.07) is 5.09. The van der Waals surface area contributed by atoms with E-state index in [4.69, 9.17) is 15.2 Å². The van der Waals surface area contributed by atoms with Crippen molar-refractivity contribution in [3.8, 4) is 5.75 Å². The highest BCUT2D eigenvalue weighted by atomic mass is 16.5. The van der Waals surface area contributed by atoms with Crippen LogP contribution >= 0.6 is 0 Å². The highest BCUT2D eigenvalue weighted by Gasteiger charge is 2.23. The summed E-state index contributed by atoms with van der Waals surface area (Å²) in [5.41, 5.74) is 6.47. The summed E-state index contributed by atoms with van der Waals surface area (Å²) >= 11 is 0. The molecule has 1 aliphatic heterocycles. The summed E-state index contributed by atoms with van der Waals surface area (Å²) < 4.78 is 11.8. The lowest BCUT2D eigenvalue weighted by atomic mass is 10.1. The summed E-state index contributed by atoms with van der Waals surface area (Å²) in [5, 5.41) is 0. The fourth-order valence-electron chi connectivity index (χ4n) is 3.18. The molecular weight excluding hydrogens is 324 g/mol. The second-order valence-electron chi connectivity index (χ2n) is 6.19. The van der Waals surface area contributed by atoms with Gasteiger partial charge in [0.2, 0.25) is 0 Å². The Morgan fingerprint density at radius 2 is 2.24 bits per heavy atom. The van der Waals surface area contributed by atoms with Crippen molar-refractivity contribution >= 4 is 17.1 Å². The van der Waals surface area contributed by atoms with Gasteiger partial charge in [0.15, 0.2) is 0 Å². The Morgan fingerprint density at radius 3 is 3.00 bits per heavy atom. The second-order valence-corrected chi connectivity index (χ2v) is 6.19. The van der Waals surface area contributed by atoms with Gasteiger partial charge in [-0.3, -0.25) is 9.78 Å². The van der Waals surface area contributed by atoms with E-state index in [1.54, 1.807) is 23.9 Å². The average molecular weight is 346 g/mol. The van der Waals surface area contributed by atoms with Gasteiger partial charge in [-0.25, -0.2) is 4.79 Å². The van der Waals surface area contributed by atoms with Crippen molar-refractivity contribution < 1.29 is 14.3 Å². The Labute approximate surface area is 145 Å². The Balaban J connectivity index is 1.68. The monoisotopic (exact) mass is 346 g/mol. The summed E-state index contributed by atoms with van der Waals surface area (Å²) in [4.78, 5) is 29.6. The predicted molar refractivity (Wildman–Crippen MR) is 92.6 cm³/mol. The number of pyridine rings is 2. The summed E-state index contributed by atoms with van der Waals surface area (Å²) in [7, 11) is 1.58. The van der Waals surface area contributed by atoms with E-state index in [9.17, 15) is 9.59 Å². The smallest absolute Gasteiger partial charge is 0.404 e. The highest BCUT2D eigenvalue weighted by molar-refractivity contribution is 5.75. The fourth-order valence-corrected chi connectivity index (χ4v) is 3.18. The maximum Gasteiger partial charge on any atom is 0.404 e. The molecule has 2 aromatic rings. The topological polar surface area (TPSA) is 99.7 Å². The first-order valence-electron chi connectivity index (χ1n) is 8.25. The van der Waals surface area contributed by atoms with Crippen molar-refractivity contribution in [1.29, 1.82) is 0 Å². The van der Waals surface area contributed by atoms with Crippen LogP contribution in [-0.2, 0) is 11.3 Å². The van der Waals surface area contributed by atoms with Gasteiger partial charge in [0.05, 0.1) is 30.9 Å². The molecule has 1 aliphatic rings. The van der Waals surface area contributed by atoms with Crippen molar-refractivity contribution in [2.75, 3.05) is 33.4 Å². The lowest BCUT2D eigenvalue weighted by Gasteiger charge is -2.18. The Bertz CT molecular complexity index is 820. The third-order valence-electron chi connectivity index (χ3n) is 4.52. The van der Waals surface area contributed by atoms with Crippen LogP contribution in [0.3, 0.4) is 0 Å². The lowest BCUT2D eigenvalue weighted by Crippen LogP contribution is -2.30. The number of hydrogen-bond donors (Lipinski definition) is 1. The number of primary amides is 1. The minimum atomic E-state index is -0.734. The van der Waals surface area contributed by atoms with E-state index in [1.807, 2.05) is 6.07 Å². The van der Waals surface area contributed by atoms with Crippen LogP contribution in [0.5, 0.6) is 5.75 Å². The molecule has 0 unspecified atom stereocenters. The Kier molecular flexibility index (Phi) is 5.18. The molecule has 0 aliphatic carbocycles. The molecule has 8 nitrogen and oxygen atoms in total. The zero-order valence-electron chi connectivity index (χ0n) is 14.2. The second kappa shape index (κ2) is 7.52. The molecule has 134 valence electrons. The zero-order valence-corrected chi connectivity index (χ0v) is 14.2. The number of nitrogens with two attached hydrogens (primary N) is 1. The van der Waals surface area contributed by atoms with Crippen LogP contribution in [0.2, 0.25) is 0 Å². The average Bonchev–Trinajstić information content (AvgIpc) is 3.06. The number of nitrogens with zero attached hydrogens (tertiary/aromatic N) is 3. The first-order chi connectivity index (χ1) is 12.1. The van der Waals surface area contributed by atoms with Gasteiger partial charge in [-0.1, -0.05) is 0 Å². The van der Waals surface area contributed by atoms with Crippen molar-refractivity contribution in [2.24, 2.45) is 11.7 Å². The maximum atomic E-state index is 12.3. The molecule has 0 saturated carbocycles. The molecule has 0 aromatic carbocycles. The molecule has 3 heterocycles. The summed E-state index contributed by atoms with van der Waals surface area (Å²) in [5.74, 6) is 0.912. The third kappa shape index (κ3) is 4.08. The lowest BCUT2D eigenvalue weighted by molar-refractivity contribution is 0.136. The van der Waals surface area contributed by atoms with Gasteiger partial charge < -0.3 is 24.7 Å². The Morgan fingerprint density at radius 1 is 1.40 bits per heavy atom. The molecule has 0 radical (unpaired) electrons. The van der Waals surface area contributed by atoms with Gasteiger partial charge in [0.25, 0.3) is 5.56 Å². The molecule has 2 aromatic heterocycles. The van der Waals surface area contributed by atoms with Crippen LogP contribution in [0, 0.1) is 5.92 Å². The van der Waals surface area contributed by atoms with Gasteiger partial charge in [0.1, 0.15) is 5.75 Å². The number of amides is 1. The van der Waals surface area contributed by atoms with Crippen molar-refractivity contribution in [2.45, 2.75) is 13.0 Å².